The van der Waals surface area contributed by atoms with E-state index in [4.69, 9.17) is 11.6 Å². The Morgan fingerprint density at radius 2 is 2.40 bits per heavy atom. The summed E-state index contributed by atoms with van der Waals surface area (Å²) in [6.07, 6.45) is 4.16. The Balaban J connectivity index is 2.13. The van der Waals surface area contributed by atoms with E-state index in [1.54, 1.807) is 6.33 Å². The standard InChI is InChI=1S/C9H13ClN2O2S/c1-12-4-8(11-6-12)9(10)7-2-3-15(13,14)5-7/h4,6-7,9H,2-3,5H2,1H3. The van der Waals surface area contributed by atoms with E-state index in [-0.39, 0.29) is 22.8 Å². The third-order valence-corrected chi connectivity index (χ3v) is 5.06. The summed E-state index contributed by atoms with van der Waals surface area (Å²) in [5.74, 6) is 0.456. The van der Waals surface area contributed by atoms with Crippen LogP contribution in [0.25, 0.3) is 0 Å². The van der Waals surface area contributed by atoms with Gasteiger partial charge in [0.25, 0.3) is 0 Å². The van der Waals surface area contributed by atoms with Gasteiger partial charge in [-0.3, -0.25) is 0 Å². The summed E-state index contributed by atoms with van der Waals surface area (Å²) in [4.78, 5) is 4.14. The number of hydrogen-bond donors (Lipinski definition) is 0. The number of nitrogens with zero attached hydrogens (tertiary/aromatic N) is 2. The van der Waals surface area contributed by atoms with Crippen molar-refractivity contribution in [2.75, 3.05) is 11.5 Å². The molecule has 0 saturated carbocycles. The van der Waals surface area contributed by atoms with Gasteiger partial charge in [0, 0.05) is 13.2 Å². The van der Waals surface area contributed by atoms with Crippen LogP contribution in [0.5, 0.6) is 0 Å². The molecule has 1 aromatic rings. The largest absolute Gasteiger partial charge is 0.340 e. The van der Waals surface area contributed by atoms with Crippen LogP contribution in [0.3, 0.4) is 0 Å². The second-order valence-electron chi connectivity index (χ2n) is 4.03. The molecule has 15 heavy (non-hydrogen) atoms. The molecule has 84 valence electrons. The fraction of sp³-hybridized carbons (Fsp3) is 0.667. The summed E-state index contributed by atoms with van der Waals surface area (Å²) < 4.78 is 24.4. The van der Waals surface area contributed by atoms with Crippen LogP contribution < -0.4 is 0 Å². The fourth-order valence-electron chi connectivity index (χ4n) is 1.87. The molecule has 0 aliphatic carbocycles. The Morgan fingerprint density at radius 3 is 2.87 bits per heavy atom. The Hall–Kier alpha value is -0.550. The number of aromatic nitrogens is 2. The third kappa shape index (κ3) is 2.34. The predicted octanol–water partition coefficient (Wildman–Crippen LogP) is 1.13. The van der Waals surface area contributed by atoms with E-state index in [9.17, 15) is 8.42 Å². The molecule has 2 unspecified atom stereocenters. The Morgan fingerprint density at radius 1 is 1.67 bits per heavy atom. The summed E-state index contributed by atoms with van der Waals surface area (Å²) in [5.41, 5.74) is 0.765. The first-order chi connectivity index (χ1) is 6.98. The molecule has 2 atom stereocenters. The molecule has 2 rings (SSSR count). The number of alkyl halides is 1. The van der Waals surface area contributed by atoms with E-state index < -0.39 is 9.84 Å². The number of hydrogen-bond acceptors (Lipinski definition) is 3. The average molecular weight is 249 g/mol. The van der Waals surface area contributed by atoms with Crippen LogP contribution in [0.15, 0.2) is 12.5 Å². The summed E-state index contributed by atoms with van der Waals surface area (Å²) in [6, 6.07) is 0. The highest BCUT2D eigenvalue weighted by atomic mass is 35.5. The summed E-state index contributed by atoms with van der Waals surface area (Å²) in [5, 5.41) is -0.288. The zero-order chi connectivity index (χ0) is 11.1. The highest BCUT2D eigenvalue weighted by Crippen LogP contribution is 2.35. The maximum Gasteiger partial charge on any atom is 0.150 e. The van der Waals surface area contributed by atoms with Crippen LogP contribution >= 0.6 is 11.6 Å². The molecule has 6 heteroatoms. The lowest BCUT2D eigenvalue weighted by Crippen LogP contribution is -2.10. The van der Waals surface area contributed by atoms with Crippen molar-refractivity contribution in [3.63, 3.8) is 0 Å². The molecular formula is C9H13ClN2O2S. The van der Waals surface area contributed by atoms with Crippen molar-refractivity contribution < 1.29 is 8.42 Å². The van der Waals surface area contributed by atoms with E-state index in [1.165, 1.54) is 0 Å². The second-order valence-corrected chi connectivity index (χ2v) is 6.73. The van der Waals surface area contributed by atoms with Crippen molar-refractivity contribution >= 4 is 21.4 Å². The van der Waals surface area contributed by atoms with Crippen LogP contribution in [0, 0.1) is 5.92 Å². The van der Waals surface area contributed by atoms with Crippen molar-refractivity contribution in [2.24, 2.45) is 13.0 Å². The molecule has 0 bridgehead atoms. The van der Waals surface area contributed by atoms with Crippen molar-refractivity contribution in [1.29, 1.82) is 0 Å². The van der Waals surface area contributed by atoms with Crippen molar-refractivity contribution in [3.8, 4) is 0 Å². The zero-order valence-electron chi connectivity index (χ0n) is 8.43. The molecule has 4 nitrogen and oxygen atoms in total. The maximum atomic E-state index is 11.3. The fourth-order valence-corrected chi connectivity index (χ4v) is 4.14. The summed E-state index contributed by atoms with van der Waals surface area (Å²) in [7, 11) is -0.994. The van der Waals surface area contributed by atoms with E-state index in [0.717, 1.165) is 5.69 Å². The number of aryl methyl sites for hydroxylation is 1. The lowest BCUT2D eigenvalue weighted by molar-refractivity contribution is 0.562. The molecule has 2 heterocycles. The molecule has 1 aromatic heterocycles. The van der Waals surface area contributed by atoms with Gasteiger partial charge in [-0.05, 0) is 12.3 Å². The van der Waals surface area contributed by atoms with Crippen LogP contribution in [0.4, 0.5) is 0 Å². The minimum atomic E-state index is -2.86. The van der Waals surface area contributed by atoms with Crippen LogP contribution in [-0.4, -0.2) is 29.5 Å². The lowest BCUT2D eigenvalue weighted by Gasteiger charge is -2.12. The summed E-state index contributed by atoms with van der Waals surface area (Å²) in [6.45, 7) is 0. The first kappa shape index (κ1) is 11.0. The van der Waals surface area contributed by atoms with Gasteiger partial charge >= 0.3 is 0 Å². The van der Waals surface area contributed by atoms with Gasteiger partial charge in [0.05, 0.1) is 28.9 Å². The van der Waals surface area contributed by atoms with Gasteiger partial charge < -0.3 is 4.57 Å². The Bertz CT molecular complexity index is 454. The molecule has 1 fully saturated rings. The molecule has 0 N–H and O–H groups in total. The van der Waals surface area contributed by atoms with Gasteiger partial charge in [0.15, 0.2) is 9.84 Å². The maximum absolute atomic E-state index is 11.3. The molecule has 1 saturated heterocycles. The van der Waals surface area contributed by atoms with Gasteiger partial charge in [-0.15, -0.1) is 11.6 Å². The molecule has 1 aliphatic rings. The topological polar surface area (TPSA) is 52.0 Å². The van der Waals surface area contributed by atoms with Crippen LogP contribution in [0.1, 0.15) is 17.5 Å². The molecule has 1 aliphatic heterocycles. The van der Waals surface area contributed by atoms with Crippen LogP contribution in [-0.2, 0) is 16.9 Å². The lowest BCUT2D eigenvalue weighted by atomic mass is 10.0. The monoisotopic (exact) mass is 248 g/mol. The Kier molecular flexibility index (Phi) is 2.77. The average Bonchev–Trinajstić information content (AvgIpc) is 2.71. The number of sulfone groups is 1. The second kappa shape index (κ2) is 3.79. The molecule has 0 spiro atoms. The van der Waals surface area contributed by atoms with Crippen molar-refractivity contribution in [1.82, 2.24) is 9.55 Å². The SMILES string of the molecule is Cn1cnc(C(Cl)C2CCS(=O)(=O)C2)c1. The molecular weight excluding hydrogens is 236 g/mol. The van der Waals surface area contributed by atoms with Gasteiger partial charge in [0.2, 0.25) is 0 Å². The first-order valence-electron chi connectivity index (χ1n) is 4.80. The quantitative estimate of drug-likeness (QED) is 0.738. The number of rotatable bonds is 2. The van der Waals surface area contributed by atoms with Crippen LogP contribution in [0.2, 0.25) is 0 Å². The Labute approximate surface area is 94.2 Å². The number of imidazole rings is 1. The zero-order valence-corrected chi connectivity index (χ0v) is 10.0. The van der Waals surface area contributed by atoms with Gasteiger partial charge in [-0.25, -0.2) is 13.4 Å². The van der Waals surface area contributed by atoms with Gasteiger partial charge in [-0.2, -0.15) is 0 Å². The molecule has 0 amide bonds. The van der Waals surface area contributed by atoms with E-state index in [1.807, 2.05) is 17.8 Å². The van der Waals surface area contributed by atoms with Crippen molar-refractivity contribution in [2.45, 2.75) is 11.8 Å². The number of halogens is 1. The smallest absolute Gasteiger partial charge is 0.150 e. The minimum Gasteiger partial charge on any atom is -0.340 e. The van der Waals surface area contributed by atoms with E-state index in [0.29, 0.717) is 6.42 Å². The summed E-state index contributed by atoms with van der Waals surface area (Å²) >= 11 is 6.21. The highest BCUT2D eigenvalue weighted by molar-refractivity contribution is 7.91. The normalized spacial score (nSPS) is 26.7. The van der Waals surface area contributed by atoms with Gasteiger partial charge in [0.1, 0.15) is 0 Å². The third-order valence-electron chi connectivity index (χ3n) is 2.69. The van der Waals surface area contributed by atoms with E-state index >= 15 is 0 Å². The molecule has 0 aromatic carbocycles. The van der Waals surface area contributed by atoms with Gasteiger partial charge in [-0.1, -0.05) is 0 Å². The van der Waals surface area contributed by atoms with Crippen molar-refractivity contribution in [3.05, 3.63) is 18.2 Å². The minimum absolute atomic E-state index is 0.00608. The predicted molar refractivity (Wildman–Crippen MR) is 58.6 cm³/mol. The first-order valence-corrected chi connectivity index (χ1v) is 7.06. The van der Waals surface area contributed by atoms with E-state index in [2.05, 4.69) is 4.98 Å². The highest BCUT2D eigenvalue weighted by Gasteiger charge is 2.34. The molecule has 0 radical (unpaired) electrons.